The summed E-state index contributed by atoms with van der Waals surface area (Å²) in [4.78, 5) is 8.15. The van der Waals surface area contributed by atoms with Crippen LogP contribution in [0.2, 0.25) is 0 Å². The van der Waals surface area contributed by atoms with Crippen LogP contribution in [0.25, 0.3) is 0 Å². The summed E-state index contributed by atoms with van der Waals surface area (Å²) >= 11 is 1.45. The van der Waals surface area contributed by atoms with Gasteiger partial charge in [0.2, 0.25) is 0 Å². The molecule has 0 saturated heterocycles. The molecule has 0 radical (unpaired) electrons. The Morgan fingerprint density at radius 3 is 3.00 bits per heavy atom. The summed E-state index contributed by atoms with van der Waals surface area (Å²) in [6.45, 7) is 3.78. The van der Waals surface area contributed by atoms with Gasteiger partial charge in [-0.25, -0.2) is 9.37 Å². The second-order valence-electron chi connectivity index (χ2n) is 3.85. The van der Waals surface area contributed by atoms with Crippen molar-refractivity contribution in [3.8, 4) is 0 Å². The van der Waals surface area contributed by atoms with Crippen LogP contribution in [0.5, 0.6) is 0 Å². The van der Waals surface area contributed by atoms with Crippen LogP contribution < -0.4 is 5.32 Å². The van der Waals surface area contributed by atoms with Gasteiger partial charge in [0.15, 0.2) is 0 Å². The lowest BCUT2D eigenvalue weighted by Crippen LogP contribution is -2.11. The fraction of sp³-hybridized carbons (Fsp3) is 0.308. The lowest BCUT2D eigenvalue weighted by molar-refractivity contribution is 0.602. The first-order valence-corrected chi connectivity index (χ1v) is 6.89. The van der Waals surface area contributed by atoms with E-state index in [9.17, 15) is 4.39 Å². The predicted octanol–water partition coefficient (Wildman–Crippen LogP) is 2.95. The molecule has 5 heteroatoms. The average Bonchev–Trinajstić information content (AvgIpc) is 2.83. The molecular weight excluding hydrogens is 249 g/mol. The Hall–Kier alpha value is -1.33. The zero-order valence-electron chi connectivity index (χ0n) is 10.2. The molecule has 0 atom stereocenters. The van der Waals surface area contributed by atoms with Crippen molar-refractivity contribution in [1.29, 1.82) is 0 Å². The highest BCUT2D eigenvalue weighted by atomic mass is 32.2. The van der Waals surface area contributed by atoms with Gasteiger partial charge in [-0.3, -0.25) is 0 Å². The van der Waals surface area contributed by atoms with E-state index in [4.69, 9.17) is 0 Å². The number of rotatable bonds is 6. The van der Waals surface area contributed by atoms with Gasteiger partial charge in [-0.15, -0.1) is 11.8 Å². The third-order valence-electron chi connectivity index (χ3n) is 2.45. The fourth-order valence-electron chi connectivity index (χ4n) is 1.54. The smallest absolute Gasteiger partial charge is 0.136 e. The molecule has 1 aromatic carbocycles. The summed E-state index contributed by atoms with van der Waals surface area (Å²) in [5.74, 6) is 1.34. The van der Waals surface area contributed by atoms with E-state index in [1.165, 1.54) is 17.8 Å². The molecule has 1 aromatic heterocycles. The van der Waals surface area contributed by atoms with Gasteiger partial charge in [-0.1, -0.05) is 19.1 Å². The average molecular weight is 265 g/mol. The van der Waals surface area contributed by atoms with Crippen molar-refractivity contribution in [2.75, 3.05) is 6.54 Å². The Bertz CT molecular complexity index is 498. The Morgan fingerprint density at radius 1 is 1.39 bits per heavy atom. The number of nitrogens with one attached hydrogen (secondary N) is 2. The zero-order chi connectivity index (χ0) is 12.8. The van der Waals surface area contributed by atoms with Crippen molar-refractivity contribution in [3.05, 3.63) is 47.8 Å². The highest BCUT2D eigenvalue weighted by molar-refractivity contribution is 7.98. The summed E-state index contributed by atoms with van der Waals surface area (Å²) < 4.78 is 13.4. The molecule has 0 aliphatic rings. The van der Waals surface area contributed by atoms with Crippen LogP contribution in [0.4, 0.5) is 4.39 Å². The Balaban J connectivity index is 1.90. The molecule has 0 fully saturated rings. The van der Waals surface area contributed by atoms with Crippen molar-refractivity contribution >= 4 is 11.8 Å². The summed E-state index contributed by atoms with van der Waals surface area (Å²) in [6.07, 6.45) is 1.82. The first-order chi connectivity index (χ1) is 8.79. The van der Waals surface area contributed by atoms with Crippen molar-refractivity contribution in [3.63, 3.8) is 0 Å². The number of aromatic amines is 1. The van der Waals surface area contributed by atoms with Crippen LogP contribution in [-0.4, -0.2) is 16.5 Å². The number of imidazole rings is 1. The van der Waals surface area contributed by atoms with Gasteiger partial charge in [-0.05, 0) is 18.7 Å². The number of halogens is 1. The van der Waals surface area contributed by atoms with Crippen molar-refractivity contribution in [2.24, 2.45) is 0 Å². The van der Waals surface area contributed by atoms with Crippen LogP contribution in [0, 0.1) is 5.82 Å². The summed E-state index contributed by atoms with van der Waals surface area (Å²) in [5, 5.41) is 3.22. The van der Waals surface area contributed by atoms with E-state index in [0.717, 1.165) is 24.6 Å². The number of hydrogen-bond donors (Lipinski definition) is 2. The van der Waals surface area contributed by atoms with Gasteiger partial charge in [0, 0.05) is 23.3 Å². The van der Waals surface area contributed by atoms with Crippen molar-refractivity contribution in [2.45, 2.75) is 24.1 Å². The molecule has 0 unspecified atom stereocenters. The number of hydrogen-bond acceptors (Lipinski definition) is 3. The van der Waals surface area contributed by atoms with Crippen molar-refractivity contribution < 1.29 is 4.39 Å². The first-order valence-electron chi connectivity index (χ1n) is 5.90. The quantitative estimate of drug-likeness (QED) is 0.789. The van der Waals surface area contributed by atoms with Gasteiger partial charge < -0.3 is 10.3 Å². The molecule has 2 N–H and O–H groups in total. The fourth-order valence-corrected chi connectivity index (χ4v) is 2.36. The molecule has 2 rings (SSSR count). The van der Waals surface area contributed by atoms with E-state index in [2.05, 4.69) is 22.2 Å². The molecule has 3 nitrogen and oxygen atoms in total. The Morgan fingerprint density at radius 2 is 2.22 bits per heavy atom. The number of aromatic nitrogens is 2. The lowest BCUT2D eigenvalue weighted by Gasteiger charge is -2.01. The van der Waals surface area contributed by atoms with E-state index >= 15 is 0 Å². The molecule has 18 heavy (non-hydrogen) atoms. The van der Waals surface area contributed by atoms with Crippen LogP contribution in [0.15, 0.2) is 35.4 Å². The van der Waals surface area contributed by atoms with E-state index in [1.807, 2.05) is 12.3 Å². The maximum absolute atomic E-state index is 13.4. The van der Waals surface area contributed by atoms with Gasteiger partial charge in [0.1, 0.15) is 11.6 Å². The maximum Gasteiger partial charge on any atom is 0.136 e. The molecule has 0 spiro atoms. The first kappa shape index (κ1) is 13.1. The van der Waals surface area contributed by atoms with E-state index < -0.39 is 0 Å². The van der Waals surface area contributed by atoms with Gasteiger partial charge in [0.05, 0.1) is 5.75 Å². The monoisotopic (exact) mass is 265 g/mol. The van der Waals surface area contributed by atoms with Gasteiger partial charge in [0.25, 0.3) is 0 Å². The predicted molar refractivity (Wildman–Crippen MR) is 71.9 cm³/mol. The standard InChI is InChI=1S/C13H16FN3S/c1-2-15-7-10-8-16-13(17-10)9-18-12-6-4-3-5-11(12)14/h3-6,8,15H,2,7,9H2,1H3,(H,16,17). The zero-order valence-corrected chi connectivity index (χ0v) is 11.1. The largest absolute Gasteiger partial charge is 0.344 e. The second-order valence-corrected chi connectivity index (χ2v) is 4.87. The SMILES string of the molecule is CCNCc1cnc(CSc2ccccc2F)[nH]1. The molecule has 0 aliphatic heterocycles. The molecule has 2 aromatic rings. The highest BCUT2D eigenvalue weighted by Crippen LogP contribution is 2.23. The van der Waals surface area contributed by atoms with E-state index in [0.29, 0.717) is 10.6 Å². The highest BCUT2D eigenvalue weighted by Gasteiger charge is 2.04. The number of nitrogens with zero attached hydrogens (tertiary/aromatic N) is 1. The minimum Gasteiger partial charge on any atom is -0.344 e. The number of benzene rings is 1. The minimum atomic E-state index is -0.179. The molecule has 0 amide bonds. The van der Waals surface area contributed by atoms with E-state index in [-0.39, 0.29) is 5.82 Å². The topological polar surface area (TPSA) is 40.7 Å². The van der Waals surface area contributed by atoms with Crippen LogP contribution >= 0.6 is 11.8 Å². The Kier molecular flexibility index (Phi) is 4.78. The van der Waals surface area contributed by atoms with Crippen LogP contribution in [0.3, 0.4) is 0 Å². The molecule has 1 heterocycles. The molecule has 0 aliphatic carbocycles. The number of H-pyrrole nitrogens is 1. The molecule has 0 saturated carbocycles. The summed E-state index contributed by atoms with van der Waals surface area (Å²) in [6, 6.07) is 6.79. The molecule has 0 bridgehead atoms. The maximum atomic E-state index is 13.4. The molecular formula is C13H16FN3S. The van der Waals surface area contributed by atoms with Gasteiger partial charge in [-0.2, -0.15) is 0 Å². The van der Waals surface area contributed by atoms with Crippen LogP contribution in [0.1, 0.15) is 18.4 Å². The van der Waals surface area contributed by atoms with Crippen molar-refractivity contribution in [1.82, 2.24) is 15.3 Å². The summed E-state index contributed by atoms with van der Waals surface area (Å²) in [7, 11) is 0. The second kappa shape index (κ2) is 6.56. The Labute approximate surface area is 110 Å². The van der Waals surface area contributed by atoms with Gasteiger partial charge >= 0.3 is 0 Å². The normalized spacial score (nSPS) is 10.8. The van der Waals surface area contributed by atoms with E-state index in [1.54, 1.807) is 12.1 Å². The third kappa shape index (κ3) is 3.58. The third-order valence-corrected chi connectivity index (χ3v) is 3.51. The molecule has 96 valence electrons. The summed E-state index contributed by atoms with van der Waals surface area (Å²) in [5.41, 5.74) is 1.06. The van der Waals surface area contributed by atoms with Crippen LogP contribution in [-0.2, 0) is 12.3 Å². The minimum absolute atomic E-state index is 0.179. The lowest BCUT2D eigenvalue weighted by atomic mass is 10.3. The number of thioether (sulfide) groups is 1.